The fourth-order valence-electron chi connectivity index (χ4n) is 3.09. The number of halogens is 1. The van der Waals surface area contributed by atoms with Gasteiger partial charge in [0.2, 0.25) is 5.75 Å². The van der Waals surface area contributed by atoms with Crippen molar-refractivity contribution >= 4 is 18.3 Å². The van der Waals surface area contributed by atoms with Crippen molar-refractivity contribution in [3.05, 3.63) is 17.7 Å². The number of ether oxygens (including phenoxy) is 4. The van der Waals surface area contributed by atoms with E-state index in [0.717, 1.165) is 19.4 Å². The Morgan fingerprint density at radius 1 is 1.16 bits per heavy atom. The van der Waals surface area contributed by atoms with Crippen molar-refractivity contribution < 1.29 is 23.7 Å². The Balaban J connectivity index is 0.00000312. The number of methoxy groups -OCH3 is 4. The molecule has 0 saturated carbocycles. The molecule has 0 spiro atoms. The lowest BCUT2D eigenvalue weighted by molar-refractivity contribution is 0.0889. The summed E-state index contributed by atoms with van der Waals surface area (Å²) in [5, 5.41) is 6.40. The summed E-state index contributed by atoms with van der Waals surface area (Å²) < 4.78 is 21.2. The normalized spacial score (nSPS) is 19.0. The minimum atomic E-state index is -0.225. The summed E-state index contributed by atoms with van der Waals surface area (Å²) in [6.07, 6.45) is 2.03. The van der Waals surface area contributed by atoms with Crippen molar-refractivity contribution in [2.45, 2.75) is 18.4 Å². The van der Waals surface area contributed by atoms with Crippen molar-refractivity contribution in [1.29, 1.82) is 0 Å². The van der Waals surface area contributed by atoms with Crippen LogP contribution in [0.2, 0.25) is 0 Å². The zero-order valence-electron chi connectivity index (χ0n) is 15.1. The zero-order valence-corrected chi connectivity index (χ0v) is 16.0. The Morgan fingerprint density at radius 2 is 1.88 bits per heavy atom. The molecule has 142 valence electrons. The maximum Gasteiger partial charge on any atom is 0.255 e. The van der Waals surface area contributed by atoms with Gasteiger partial charge in [-0.05, 0) is 31.5 Å². The zero-order chi connectivity index (χ0) is 17.6. The molecule has 1 fully saturated rings. The van der Waals surface area contributed by atoms with Gasteiger partial charge in [-0.15, -0.1) is 12.4 Å². The minimum Gasteiger partial charge on any atom is -0.493 e. The highest BCUT2D eigenvalue weighted by Gasteiger charge is 2.34. The number of hydrogen-bond acceptors (Lipinski definition) is 6. The van der Waals surface area contributed by atoms with Gasteiger partial charge >= 0.3 is 0 Å². The van der Waals surface area contributed by atoms with Gasteiger partial charge in [-0.25, -0.2) is 0 Å². The summed E-state index contributed by atoms with van der Waals surface area (Å²) in [5.74, 6) is 1.05. The van der Waals surface area contributed by atoms with E-state index in [2.05, 4.69) is 10.6 Å². The highest BCUT2D eigenvalue weighted by Crippen LogP contribution is 2.39. The molecule has 1 amide bonds. The average Bonchev–Trinajstić information content (AvgIpc) is 3.07. The minimum absolute atomic E-state index is 0. The third-order valence-electron chi connectivity index (χ3n) is 4.29. The first-order valence-corrected chi connectivity index (χ1v) is 7.92. The quantitative estimate of drug-likeness (QED) is 0.720. The van der Waals surface area contributed by atoms with Gasteiger partial charge in [0, 0.05) is 13.7 Å². The van der Waals surface area contributed by atoms with Crippen LogP contribution in [0.3, 0.4) is 0 Å². The van der Waals surface area contributed by atoms with Crippen LogP contribution >= 0.6 is 12.4 Å². The van der Waals surface area contributed by atoms with Crippen LogP contribution in [0, 0.1) is 0 Å². The van der Waals surface area contributed by atoms with Crippen LogP contribution in [0.1, 0.15) is 23.2 Å². The van der Waals surface area contributed by atoms with Crippen molar-refractivity contribution in [3.63, 3.8) is 0 Å². The second-order valence-electron chi connectivity index (χ2n) is 5.81. The monoisotopic (exact) mass is 374 g/mol. The molecule has 1 aromatic rings. The standard InChI is InChI=1S/C17H26N2O5.ClH/c1-21-11-17(8-5-9-19-17)10-18-16(20)12-6-7-13(22-2)15(24-4)14(12)23-3;/h6-7,19H,5,8-11H2,1-4H3,(H,18,20);1H. The molecule has 2 rings (SSSR count). The number of rotatable bonds is 8. The van der Waals surface area contributed by atoms with Crippen LogP contribution in [0.5, 0.6) is 17.2 Å². The van der Waals surface area contributed by atoms with Crippen molar-refractivity contribution in [2.75, 3.05) is 48.1 Å². The molecule has 0 aromatic heterocycles. The van der Waals surface area contributed by atoms with Crippen LogP contribution in [0.15, 0.2) is 12.1 Å². The first-order valence-electron chi connectivity index (χ1n) is 7.92. The maximum absolute atomic E-state index is 12.6. The number of amides is 1. The van der Waals surface area contributed by atoms with E-state index < -0.39 is 0 Å². The highest BCUT2D eigenvalue weighted by atomic mass is 35.5. The second kappa shape index (κ2) is 9.70. The van der Waals surface area contributed by atoms with Crippen LogP contribution in [-0.4, -0.2) is 59.6 Å². The second-order valence-corrected chi connectivity index (χ2v) is 5.81. The van der Waals surface area contributed by atoms with E-state index in [1.54, 1.807) is 19.2 Å². The van der Waals surface area contributed by atoms with Gasteiger partial charge in [-0.3, -0.25) is 4.79 Å². The van der Waals surface area contributed by atoms with Gasteiger partial charge in [0.1, 0.15) is 0 Å². The first-order chi connectivity index (χ1) is 11.6. The Kier molecular flexibility index (Phi) is 8.28. The molecular weight excluding hydrogens is 348 g/mol. The molecule has 1 aliphatic heterocycles. The van der Waals surface area contributed by atoms with Crippen LogP contribution in [0.25, 0.3) is 0 Å². The van der Waals surface area contributed by atoms with Gasteiger partial charge in [-0.2, -0.15) is 0 Å². The van der Waals surface area contributed by atoms with E-state index in [4.69, 9.17) is 18.9 Å². The lowest BCUT2D eigenvalue weighted by Gasteiger charge is -2.29. The molecule has 1 aromatic carbocycles. The molecule has 1 aliphatic rings. The first kappa shape index (κ1) is 21.3. The third-order valence-corrected chi connectivity index (χ3v) is 4.29. The lowest BCUT2D eigenvalue weighted by atomic mass is 9.98. The molecule has 8 heteroatoms. The van der Waals surface area contributed by atoms with Crippen LogP contribution in [0.4, 0.5) is 0 Å². The molecule has 0 bridgehead atoms. The average molecular weight is 375 g/mol. The van der Waals surface area contributed by atoms with Gasteiger partial charge in [0.05, 0.1) is 39.0 Å². The molecule has 1 heterocycles. The molecule has 1 unspecified atom stereocenters. The van der Waals surface area contributed by atoms with E-state index >= 15 is 0 Å². The SMILES string of the molecule is COCC1(CNC(=O)c2ccc(OC)c(OC)c2OC)CCCN1.Cl. The predicted octanol–water partition coefficient (Wildman–Crippen LogP) is 1.63. The third kappa shape index (κ3) is 4.68. The number of nitrogens with one attached hydrogen (secondary N) is 2. The summed E-state index contributed by atoms with van der Waals surface area (Å²) >= 11 is 0. The van der Waals surface area contributed by atoms with Crippen LogP contribution < -0.4 is 24.8 Å². The van der Waals surface area contributed by atoms with Gasteiger partial charge in [0.15, 0.2) is 11.5 Å². The Bertz CT molecular complexity index is 576. The van der Waals surface area contributed by atoms with Gasteiger partial charge < -0.3 is 29.6 Å². The van der Waals surface area contributed by atoms with Gasteiger partial charge in [0.25, 0.3) is 5.91 Å². The topological polar surface area (TPSA) is 78.1 Å². The molecule has 25 heavy (non-hydrogen) atoms. The molecule has 1 atom stereocenters. The summed E-state index contributed by atoms with van der Waals surface area (Å²) in [5.41, 5.74) is 0.189. The maximum atomic E-state index is 12.6. The van der Waals surface area contributed by atoms with E-state index in [1.807, 2.05) is 0 Å². The van der Waals surface area contributed by atoms with E-state index in [-0.39, 0.29) is 23.9 Å². The fourth-order valence-corrected chi connectivity index (χ4v) is 3.09. The molecule has 1 saturated heterocycles. The number of carbonyl (C=O) groups is 1. The smallest absolute Gasteiger partial charge is 0.255 e. The van der Waals surface area contributed by atoms with Crippen molar-refractivity contribution in [2.24, 2.45) is 0 Å². The van der Waals surface area contributed by atoms with E-state index in [0.29, 0.717) is 36.0 Å². The largest absolute Gasteiger partial charge is 0.493 e. The molecular formula is C17H27ClN2O5. The van der Waals surface area contributed by atoms with Crippen LogP contribution in [-0.2, 0) is 4.74 Å². The lowest BCUT2D eigenvalue weighted by Crippen LogP contribution is -2.53. The number of carbonyl (C=O) groups excluding carboxylic acids is 1. The highest BCUT2D eigenvalue weighted by molar-refractivity contribution is 5.98. The van der Waals surface area contributed by atoms with E-state index in [9.17, 15) is 4.79 Å². The summed E-state index contributed by atoms with van der Waals surface area (Å²) in [7, 11) is 6.22. The predicted molar refractivity (Wildman–Crippen MR) is 97.5 cm³/mol. The molecule has 7 nitrogen and oxygen atoms in total. The van der Waals surface area contributed by atoms with Crippen molar-refractivity contribution in [3.8, 4) is 17.2 Å². The number of hydrogen-bond donors (Lipinski definition) is 2. The molecule has 0 radical (unpaired) electrons. The van der Waals surface area contributed by atoms with Gasteiger partial charge in [-0.1, -0.05) is 0 Å². The Morgan fingerprint density at radius 3 is 2.40 bits per heavy atom. The van der Waals surface area contributed by atoms with Crippen molar-refractivity contribution in [1.82, 2.24) is 10.6 Å². The van der Waals surface area contributed by atoms with E-state index in [1.165, 1.54) is 21.3 Å². The Hall–Kier alpha value is -1.70. The summed E-state index contributed by atoms with van der Waals surface area (Å²) in [6.45, 7) is 1.96. The summed E-state index contributed by atoms with van der Waals surface area (Å²) in [4.78, 5) is 12.6. The molecule has 2 N–H and O–H groups in total. The molecule has 0 aliphatic carbocycles. The Labute approximate surface area is 154 Å². The fraction of sp³-hybridized carbons (Fsp3) is 0.588. The number of benzene rings is 1. The summed E-state index contributed by atoms with van der Waals surface area (Å²) in [6, 6.07) is 3.36.